The van der Waals surface area contributed by atoms with Crippen molar-refractivity contribution in [3.63, 3.8) is 0 Å². The third-order valence-corrected chi connectivity index (χ3v) is 9.47. The van der Waals surface area contributed by atoms with Gasteiger partial charge in [0.15, 0.2) is 0 Å². The number of aromatic nitrogens is 1. The minimum Gasteiger partial charge on any atom is -0.369 e. The molecule has 12 heteroatoms. The van der Waals surface area contributed by atoms with Gasteiger partial charge in [-0.1, -0.05) is 12.2 Å². The molecule has 3 saturated heterocycles. The summed E-state index contributed by atoms with van der Waals surface area (Å²) in [6, 6.07) is 1.28. The fraction of sp³-hybridized carbons (Fsp3) is 0.600. The number of thiophene rings is 1. The number of carbonyl (C=O) groups excluding carboxylic acids is 1. The number of carbonyl (C=O) groups is 1. The lowest BCUT2D eigenvalue weighted by molar-refractivity contribution is -0.138. The Hall–Kier alpha value is -2.34. The maximum Gasteiger partial charge on any atom is 0.419 e. The van der Waals surface area contributed by atoms with E-state index in [4.69, 9.17) is 0 Å². The number of anilines is 1. The van der Waals surface area contributed by atoms with Crippen LogP contribution in [0.2, 0.25) is 0 Å². The van der Waals surface area contributed by atoms with Crippen LogP contribution in [0.5, 0.6) is 0 Å². The number of amides is 1. The van der Waals surface area contributed by atoms with E-state index in [9.17, 15) is 31.1 Å². The van der Waals surface area contributed by atoms with E-state index >= 15 is 0 Å². The first-order valence-corrected chi connectivity index (χ1v) is 13.2. The second kappa shape index (κ2) is 8.33. The van der Waals surface area contributed by atoms with Crippen LogP contribution in [0, 0.1) is 11.3 Å². The highest BCUT2D eigenvalue weighted by Gasteiger charge is 2.51. The predicted molar refractivity (Wildman–Crippen MR) is 127 cm³/mol. The summed E-state index contributed by atoms with van der Waals surface area (Å²) in [7, 11) is 0. The van der Waals surface area contributed by atoms with E-state index in [1.165, 1.54) is 6.07 Å². The smallest absolute Gasteiger partial charge is 0.369 e. The van der Waals surface area contributed by atoms with Crippen LogP contribution in [0.4, 0.5) is 32.0 Å². The summed E-state index contributed by atoms with van der Waals surface area (Å²) >= 11 is 0.776. The molecule has 2 aromatic rings. The van der Waals surface area contributed by atoms with Gasteiger partial charge in [0, 0.05) is 60.0 Å². The minimum absolute atomic E-state index is 0.0606. The molecule has 1 spiro atoms. The van der Waals surface area contributed by atoms with Gasteiger partial charge >= 0.3 is 12.4 Å². The topological polar surface area (TPSA) is 48.5 Å². The molecule has 0 aromatic carbocycles. The second-order valence-electron chi connectivity index (χ2n) is 11.0. The Bertz CT molecular complexity index is 1250. The molecule has 0 unspecified atom stereocenters. The zero-order valence-electron chi connectivity index (χ0n) is 19.9. The number of pyridine rings is 1. The average molecular weight is 545 g/mol. The van der Waals surface area contributed by atoms with Gasteiger partial charge in [-0.05, 0) is 31.7 Å². The van der Waals surface area contributed by atoms with Crippen molar-refractivity contribution in [1.82, 2.24) is 15.2 Å². The summed E-state index contributed by atoms with van der Waals surface area (Å²) in [6.07, 6.45) is -6.40. The first-order valence-electron chi connectivity index (χ1n) is 12.3. The molecule has 1 N–H and O–H groups in total. The Morgan fingerprint density at radius 3 is 2.49 bits per heavy atom. The average Bonchev–Trinajstić information content (AvgIpc) is 3.47. The number of hydrogen-bond donors (Lipinski definition) is 1. The van der Waals surface area contributed by atoms with Crippen molar-refractivity contribution in [3.05, 3.63) is 34.9 Å². The van der Waals surface area contributed by atoms with Crippen molar-refractivity contribution in [3.8, 4) is 0 Å². The van der Waals surface area contributed by atoms with Crippen LogP contribution in [0.3, 0.4) is 0 Å². The van der Waals surface area contributed by atoms with Gasteiger partial charge in [0.1, 0.15) is 4.83 Å². The Balaban J connectivity index is 1.18. The molecule has 3 aliphatic heterocycles. The van der Waals surface area contributed by atoms with Gasteiger partial charge in [-0.2, -0.15) is 26.3 Å². The molecular formula is C25H26F6N4OS. The summed E-state index contributed by atoms with van der Waals surface area (Å²) in [5, 5.41) is 3.52. The lowest BCUT2D eigenvalue weighted by atomic mass is 9.71. The highest BCUT2D eigenvalue weighted by Crippen LogP contribution is 2.50. The fourth-order valence-corrected chi connectivity index (χ4v) is 7.66. The molecule has 1 saturated carbocycles. The first-order chi connectivity index (χ1) is 17.3. The molecule has 2 aromatic heterocycles. The van der Waals surface area contributed by atoms with Crippen LogP contribution < -0.4 is 10.2 Å². The van der Waals surface area contributed by atoms with Gasteiger partial charge in [0.2, 0.25) is 5.91 Å². The van der Waals surface area contributed by atoms with Gasteiger partial charge < -0.3 is 15.1 Å². The zero-order valence-corrected chi connectivity index (χ0v) is 20.7. The van der Waals surface area contributed by atoms with Crippen LogP contribution >= 0.6 is 11.3 Å². The van der Waals surface area contributed by atoms with Crippen LogP contribution in [0.25, 0.3) is 10.2 Å². The SMILES string of the molecule is C=C1C[C@@H]2C[C@H]1[C@@H](C(=O)N1CCC3(CC1)CN(c1c(C(F)(F)F)cnc4sc(CC(F)(F)F)cc14)C3)N2. The maximum atomic E-state index is 13.9. The normalized spacial score (nSPS) is 27.4. The largest absolute Gasteiger partial charge is 0.419 e. The number of halogens is 6. The summed E-state index contributed by atoms with van der Waals surface area (Å²) in [4.78, 5) is 20.6. The number of hydrogen-bond acceptors (Lipinski definition) is 5. The van der Waals surface area contributed by atoms with E-state index in [0.29, 0.717) is 45.1 Å². The van der Waals surface area contributed by atoms with Gasteiger partial charge in [-0.25, -0.2) is 4.98 Å². The standard InChI is InChI=1S/C25H26F6N4OS/c1-13-6-14-7-16(13)19(33-14)22(36)34-4-2-23(3-5-34)11-35(12-23)20-17-8-15(9-24(26,27)28)37-21(17)32-10-18(20)25(29,30)31/h8,10,14,16,19,33H,1-7,9,11-12H2/t14-,16-,19+/m1/s1. The number of likely N-dealkylation sites (tertiary alicyclic amines) is 1. The van der Waals surface area contributed by atoms with E-state index in [0.717, 1.165) is 35.9 Å². The third-order valence-electron chi connectivity index (χ3n) is 8.42. The van der Waals surface area contributed by atoms with Gasteiger partial charge in [-0.3, -0.25) is 4.79 Å². The Morgan fingerprint density at radius 1 is 1.19 bits per heavy atom. The lowest BCUT2D eigenvalue weighted by Gasteiger charge is -2.55. The van der Waals surface area contributed by atoms with Gasteiger partial charge in [0.25, 0.3) is 0 Å². The number of rotatable bonds is 3. The molecule has 1 amide bonds. The number of nitrogens with zero attached hydrogens (tertiary/aromatic N) is 3. The van der Waals surface area contributed by atoms with E-state index in [1.807, 2.05) is 4.90 Å². The second-order valence-corrected chi connectivity index (χ2v) is 12.1. The molecule has 5 heterocycles. The molecule has 37 heavy (non-hydrogen) atoms. The highest BCUT2D eigenvalue weighted by molar-refractivity contribution is 7.18. The molecule has 3 atom stereocenters. The van der Waals surface area contributed by atoms with E-state index in [2.05, 4.69) is 16.9 Å². The minimum atomic E-state index is -4.68. The fourth-order valence-electron chi connectivity index (χ4n) is 6.63. The summed E-state index contributed by atoms with van der Waals surface area (Å²) in [5.41, 5.74) is -0.107. The molecule has 0 radical (unpaired) electrons. The first kappa shape index (κ1) is 25.0. The van der Waals surface area contributed by atoms with Crippen molar-refractivity contribution in [2.45, 2.75) is 56.5 Å². The Morgan fingerprint density at radius 2 is 1.89 bits per heavy atom. The summed E-state index contributed by atoms with van der Waals surface area (Å²) in [5.74, 6) is 0.250. The van der Waals surface area contributed by atoms with Gasteiger partial charge in [-0.15, -0.1) is 11.3 Å². The number of fused-ring (bicyclic) bond motifs is 3. The molecule has 200 valence electrons. The highest BCUT2D eigenvalue weighted by atomic mass is 32.1. The van der Waals surface area contributed by atoms with E-state index in [1.54, 1.807) is 4.90 Å². The maximum absolute atomic E-state index is 13.9. The van der Waals surface area contributed by atoms with Crippen LogP contribution in [-0.4, -0.2) is 60.2 Å². The molecule has 4 aliphatic rings. The van der Waals surface area contributed by atoms with E-state index < -0.39 is 24.3 Å². The number of piperidine rings is 2. The Labute approximate surface area is 213 Å². The summed E-state index contributed by atoms with van der Waals surface area (Å²) in [6.45, 7) is 5.92. The monoisotopic (exact) mass is 544 g/mol. The molecule has 4 fully saturated rings. The van der Waals surface area contributed by atoms with Crippen LogP contribution in [0.15, 0.2) is 24.4 Å². The van der Waals surface area contributed by atoms with E-state index in [-0.39, 0.29) is 44.1 Å². The van der Waals surface area contributed by atoms with Crippen molar-refractivity contribution in [1.29, 1.82) is 0 Å². The summed E-state index contributed by atoms with van der Waals surface area (Å²) < 4.78 is 80.4. The predicted octanol–water partition coefficient (Wildman–Crippen LogP) is 5.16. The molecule has 2 bridgehead atoms. The molecule has 5 nitrogen and oxygen atoms in total. The zero-order chi connectivity index (χ0) is 26.3. The lowest BCUT2D eigenvalue weighted by Crippen LogP contribution is -2.62. The van der Waals surface area contributed by atoms with Crippen molar-refractivity contribution < 1.29 is 31.1 Å². The van der Waals surface area contributed by atoms with Gasteiger partial charge in [0.05, 0.1) is 23.7 Å². The number of alkyl halides is 6. The van der Waals surface area contributed by atoms with Crippen molar-refractivity contribution >= 4 is 33.1 Å². The number of nitrogens with one attached hydrogen (secondary N) is 1. The molecular weight excluding hydrogens is 518 g/mol. The third kappa shape index (κ3) is 4.39. The molecule has 1 aliphatic carbocycles. The quantitative estimate of drug-likeness (QED) is 0.429. The van der Waals surface area contributed by atoms with Crippen LogP contribution in [0.1, 0.15) is 36.1 Å². The Kier molecular flexibility index (Phi) is 5.62. The van der Waals surface area contributed by atoms with Crippen LogP contribution in [-0.2, 0) is 17.4 Å². The van der Waals surface area contributed by atoms with Crippen molar-refractivity contribution in [2.75, 3.05) is 31.1 Å². The van der Waals surface area contributed by atoms with Crippen molar-refractivity contribution in [2.24, 2.45) is 11.3 Å². The molecule has 6 rings (SSSR count).